The summed E-state index contributed by atoms with van der Waals surface area (Å²) in [4.78, 5) is 38.0. The molecule has 7 nitrogen and oxygen atoms in total. The first kappa shape index (κ1) is 22.2. The van der Waals surface area contributed by atoms with Crippen molar-refractivity contribution >= 4 is 46.4 Å². The third-order valence-corrected chi connectivity index (χ3v) is 7.16. The molecule has 0 spiro atoms. The summed E-state index contributed by atoms with van der Waals surface area (Å²) in [5.74, 6) is 0.358. The minimum Gasteiger partial charge on any atom is -0.494 e. The number of carbonyl (C=O) groups excluding carboxylic acids is 3. The average molecular weight is 449 g/mol. The molecule has 3 rings (SSSR count). The van der Waals surface area contributed by atoms with Crippen LogP contribution in [0.5, 0.6) is 5.75 Å². The molecular weight excluding hydrogens is 424 g/mol. The van der Waals surface area contributed by atoms with Gasteiger partial charge in [-0.25, -0.2) is 4.79 Å². The highest BCUT2D eigenvalue weighted by molar-refractivity contribution is 8.00. The van der Waals surface area contributed by atoms with Gasteiger partial charge >= 0.3 is 5.97 Å². The Labute approximate surface area is 183 Å². The lowest BCUT2D eigenvalue weighted by Gasteiger charge is -2.30. The van der Waals surface area contributed by atoms with Gasteiger partial charge in [-0.15, -0.1) is 23.1 Å². The van der Waals surface area contributed by atoms with Crippen LogP contribution in [0, 0.1) is 0 Å². The second kappa shape index (κ2) is 9.09. The molecule has 1 saturated heterocycles. The van der Waals surface area contributed by atoms with E-state index in [1.165, 1.54) is 35.1 Å². The van der Waals surface area contributed by atoms with E-state index in [1.807, 2.05) is 50.4 Å². The number of nitrogens with one attached hydrogen (secondary N) is 1. The number of benzene rings is 1. The fourth-order valence-corrected chi connectivity index (χ4v) is 5.43. The lowest BCUT2D eigenvalue weighted by Crippen LogP contribution is -2.47. The summed E-state index contributed by atoms with van der Waals surface area (Å²) in [7, 11) is 1.30. The van der Waals surface area contributed by atoms with Crippen LogP contribution in [-0.4, -0.2) is 53.6 Å². The number of hydrogen-bond acceptors (Lipinski definition) is 7. The number of thiophene rings is 1. The number of ether oxygens (including phenoxy) is 2. The predicted octanol–water partition coefficient (Wildman–Crippen LogP) is 3.85. The summed E-state index contributed by atoms with van der Waals surface area (Å²) in [5.41, 5.74) is 1.77. The Bertz CT molecular complexity index is 939. The van der Waals surface area contributed by atoms with Crippen molar-refractivity contribution in [2.45, 2.75) is 31.7 Å². The summed E-state index contributed by atoms with van der Waals surface area (Å²) < 4.78 is 10.4. The average Bonchev–Trinajstić information content (AvgIpc) is 3.28. The fourth-order valence-electron chi connectivity index (χ4n) is 3.28. The highest BCUT2D eigenvalue weighted by Crippen LogP contribution is 2.40. The molecule has 1 atom stereocenters. The Hall–Kier alpha value is -2.52. The minimum atomic E-state index is -0.607. The minimum absolute atomic E-state index is 0.294. The molecule has 30 heavy (non-hydrogen) atoms. The van der Waals surface area contributed by atoms with Crippen LogP contribution in [0.25, 0.3) is 11.1 Å². The van der Waals surface area contributed by atoms with Crippen LogP contribution in [0.1, 0.15) is 31.1 Å². The normalized spacial score (nSPS) is 17.5. The topological polar surface area (TPSA) is 84.9 Å². The Balaban J connectivity index is 1.89. The lowest BCUT2D eigenvalue weighted by atomic mass is 10.0. The molecule has 9 heteroatoms. The van der Waals surface area contributed by atoms with Crippen LogP contribution < -0.4 is 10.1 Å². The molecule has 2 heterocycles. The lowest BCUT2D eigenvalue weighted by molar-refractivity contribution is -0.130. The smallest absolute Gasteiger partial charge is 0.341 e. The van der Waals surface area contributed by atoms with Gasteiger partial charge in [0.2, 0.25) is 12.3 Å². The first-order valence-corrected chi connectivity index (χ1v) is 11.3. The standard InChI is InChI=1S/C21H24N2O5S2/c1-5-28-14-8-6-13(7-9-14)15-10-29-19(17(15)20(26)27-4)22-18(25)16-11-30-21(2,3)23(16)12-24/h6-10,12,16H,5,11H2,1-4H3,(H,22,25). The zero-order valence-electron chi connectivity index (χ0n) is 17.3. The number of rotatable bonds is 7. The van der Waals surface area contributed by atoms with Gasteiger partial charge in [-0.2, -0.15) is 0 Å². The van der Waals surface area contributed by atoms with Crippen LogP contribution >= 0.6 is 23.1 Å². The number of amides is 2. The van der Waals surface area contributed by atoms with Gasteiger partial charge in [-0.1, -0.05) is 12.1 Å². The van der Waals surface area contributed by atoms with E-state index in [-0.39, 0.29) is 5.91 Å². The molecule has 0 saturated carbocycles. The molecule has 0 aliphatic carbocycles. The van der Waals surface area contributed by atoms with Crippen molar-refractivity contribution < 1.29 is 23.9 Å². The highest BCUT2D eigenvalue weighted by atomic mass is 32.2. The molecule has 1 aromatic heterocycles. The molecule has 1 aliphatic heterocycles. The maximum absolute atomic E-state index is 12.9. The van der Waals surface area contributed by atoms with Crippen LogP contribution in [0.15, 0.2) is 29.6 Å². The molecule has 1 aliphatic rings. The SMILES string of the molecule is CCOc1ccc(-c2csc(NC(=O)C3CSC(C)(C)N3C=O)c2C(=O)OC)cc1. The molecule has 0 radical (unpaired) electrons. The molecule has 1 aromatic carbocycles. The maximum Gasteiger partial charge on any atom is 0.341 e. The van der Waals surface area contributed by atoms with Gasteiger partial charge in [-0.05, 0) is 38.5 Å². The second-order valence-electron chi connectivity index (χ2n) is 7.08. The molecular formula is C21H24N2O5S2. The number of methoxy groups -OCH3 is 1. The molecule has 2 aromatic rings. The summed E-state index contributed by atoms with van der Waals surface area (Å²) in [6.07, 6.45) is 0.700. The number of hydrogen-bond donors (Lipinski definition) is 1. The highest BCUT2D eigenvalue weighted by Gasteiger charge is 2.43. The number of carbonyl (C=O) groups is 3. The van der Waals surface area contributed by atoms with E-state index in [0.717, 1.165) is 11.3 Å². The van der Waals surface area contributed by atoms with Gasteiger partial charge < -0.3 is 19.7 Å². The molecule has 1 fully saturated rings. The monoisotopic (exact) mass is 448 g/mol. The van der Waals surface area contributed by atoms with Crippen LogP contribution in [0.4, 0.5) is 5.00 Å². The van der Waals surface area contributed by atoms with Gasteiger partial charge in [0.25, 0.3) is 0 Å². The van der Waals surface area contributed by atoms with E-state index in [4.69, 9.17) is 9.47 Å². The van der Waals surface area contributed by atoms with Gasteiger partial charge in [0, 0.05) is 16.7 Å². The summed E-state index contributed by atoms with van der Waals surface area (Å²) >= 11 is 2.78. The molecule has 0 bridgehead atoms. The van der Waals surface area contributed by atoms with E-state index in [2.05, 4.69) is 5.32 Å². The summed E-state index contributed by atoms with van der Waals surface area (Å²) in [5, 5.41) is 5.04. The van der Waals surface area contributed by atoms with Gasteiger partial charge in [0.05, 0.1) is 18.6 Å². The first-order valence-electron chi connectivity index (χ1n) is 9.44. The van der Waals surface area contributed by atoms with Crippen molar-refractivity contribution in [2.75, 3.05) is 24.8 Å². The van der Waals surface area contributed by atoms with Gasteiger partial charge in [-0.3, -0.25) is 9.59 Å². The van der Waals surface area contributed by atoms with Crippen LogP contribution in [0.3, 0.4) is 0 Å². The van der Waals surface area contributed by atoms with E-state index in [1.54, 1.807) is 0 Å². The maximum atomic E-state index is 12.9. The molecule has 1 N–H and O–H groups in total. The third-order valence-electron chi connectivity index (χ3n) is 4.86. The number of thioether (sulfide) groups is 1. The van der Waals surface area contributed by atoms with Gasteiger partial charge in [0.1, 0.15) is 22.4 Å². The molecule has 2 amide bonds. The number of esters is 1. The Morgan fingerprint density at radius 1 is 1.30 bits per heavy atom. The largest absolute Gasteiger partial charge is 0.494 e. The predicted molar refractivity (Wildman–Crippen MR) is 119 cm³/mol. The van der Waals surface area contributed by atoms with E-state index in [0.29, 0.717) is 34.9 Å². The van der Waals surface area contributed by atoms with E-state index >= 15 is 0 Å². The van der Waals surface area contributed by atoms with Crippen molar-refractivity contribution in [3.63, 3.8) is 0 Å². The van der Waals surface area contributed by atoms with E-state index in [9.17, 15) is 14.4 Å². The third kappa shape index (κ3) is 4.32. The Morgan fingerprint density at radius 3 is 2.60 bits per heavy atom. The number of anilines is 1. The van der Waals surface area contributed by atoms with Crippen LogP contribution in [0.2, 0.25) is 0 Å². The Morgan fingerprint density at radius 2 is 2.00 bits per heavy atom. The van der Waals surface area contributed by atoms with Crippen molar-refractivity contribution in [1.82, 2.24) is 4.90 Å². The summed E-state index contributed by atoms with van der Waals surface area (Å²) in [6.45, 7) is 6.27. The Kier molecular flexibility index (Phi) is 6.72. The zero-order chi connectivity index (χ0) is 21.9. The number of nitrogens with zero attached hydrogens (tertiary/aromatic N) is 1. The van der Waals surface area contributed by atoms with Crippen LogP contribution in [-0.2, 0) is 14.3 Å². The van der Waals surface area contributed by atoms with E-state index < -0.39 is 16.9 Å². The molecule has 160 valence electrons. The second-order valence-corrected chi connectivity index (χ2v) is 9.58. The summed E-state index contributed by atoms with van der Waals surface area (Å²) in [6, 6.07) is 6.76. The quantitative estimate of drug-likeness (QED) is 0.512. The first-order chi connectivity index (χ1) is 14.3. The van der Waals surface area contributed by atoms with Gasteiger partial charge in [0.15, 0.2) is 0 Å². The van der Waals surface area contributed by atoms with Crippen molar-refractivity contribution in [3.05, 3.63) is 35.2 Å². The van der Waals surface area contributed by atoms with Crippen molar-refractivity contribution in [1.29, 1.82) is 0 Å². The van der Waals surface area contributed by atoms with Crippen molar-refractivity contribution in [3.8, 4) is 16.9 Å². The zero-order valence-corrected chi connectivity index (χ0v) is 18.9. The fraction of sp³-hybridized carbons (Fsp3) is 0.381. The van der Waals surface area contributed by atoms with Crippen molar-refractivity contribution in [2.24, 2.45) is 0 Å². The molecule has 1 unspecified atom stereocenters.